The molecule has 0 aliphatic heterocycles. The Hall–Kier alpha value is -3.88. The predicted molar refractivity (Wildman–Crippen MR) is 115 cm³/mol. The SMILES string of the molecule is COc1cc(OC)nc(OC(Cc2ccnc3ccccc23)c2cccc(C(F)(F)F)c2)n1. The van der Waals surface area contributed by atoms with Gasteiger partial charge in [0.2, 0.25) is 11.8 Å². The molecule has 0 radical (unpaired) electrons. The fourth-order valence-corrected chi connectivity index (χ4v) is 3.45. The molecule has 1 atom stereocenters. The summed E-state index contributed by atoms with van der Waals surface area (Å²) in [6.45, 7) is 0. The fraction of sp³-hybridized carbons (Fsp3) is 0.208. The number of halogens is 3. The van der Waals surface area contributed by atoms with Gasteiger partial charge >= 0.3 is 12.2 Å². The van der Waals surface area contributed by atoms with Crippen LogP contribution in [0, 0.1) is 0 Å². The van der Waals surface area contributed by atoms with Gasteiger partial charge in [-0.25, -0.2) is 0 Å². The summed E-state index contributed by atoms with van der Waals surface area (Å²) < 4.78 is 56.5. The number of nitrogens with zero attached hydrogens (tertiary/aromatic N) is 3. The van der Waals surface area contributed by atoms with E-state index in [-0.39, 0.29) is 24.2 Å². The minimum absolute atomic E-state index is 0.0769. The summed E-state index contributed by atoms with van der Waals surface area (Å²) in [5, 5.41) is 0.879. The van der Waals surface area contributed by atoms with E-state index in [1.165, 1.54) is 26.4 Å². The van der Waals surface area contributed by atoms with Crippen molar-refractivity contribution in [2.24, 2.45) is 0 Å². The number of benzene rings is 2. The Labute approximate surface area is 188 Å². The number of alkyl halides is 3. The molecule has 2 heterocycles. The quantitative estimate of drug-likeness (QED) is 0.371. The van der Waals surface area contributed by atoms with E-state index in [2.05, 4.69) is 15.0 Å². The predicted octanol–water partition coefficient (Wildman–Crippen LogP) is 5.42. The van der Waals surface area contributed by atoms with E-state index in [0.717, 1.165) is 28.6 Å². The number of ether oxygens (including phenoxy) is 3. The van der Waals surface area contributed by atoms with Gasteiger partial charge < -0.3 is 14.2 Å². The van der Waals surface area contributed by atoms with Crippen LogP contribution in [0.3, 0.4) is 0 Å². The molecule has 0 N–H and O–H groups in total. The van der Waals surface area contributed by atoms with Crippen molar-refractivity contribution >= 4 is 10.9 Å². The van der Waals surface area contributed by atoms with Gasteiger partial charge in [-0.05, 0) is 35.4 Å². The maximum Gasteiger partial charge on any atom is 0.416 e. The average Bonchev–Trinajstić information content (AvgIpc) is 2.83. The van der Waals surface area contributed by atoms with Crippen molar-refractivity contribution < 1.29 is 27.4 Å². The molecule has 1 unspecified atom stereocenters. The van der Waals surface area contributed by atoms with Gasteiger partial charge in [0.05, 0.1) is 31.4 Å². The van der Waals surface area contributed by atoms with Crippen LogP contribution in [-0.2, 0) is 12.6 Å². The third-order valence-corrected chi connectivity index (χ3v) is 5.05. The first-order valence-electron chi connectivity index (χ1n) is 10.0. The van der Waals surface area contributed by atoms with Gasteiger partial charge in [-0.2, -0.15) is 23.1 Å². The van der Waals surface area contributed by atoms with Crippen molar-refractivity contribution in [3.63, 3.8) is 0 Å². The highest BCUT2D eigenvalue weighted by atomic mass is 19.4. The molecule has 0 saturated heterocycles. The molecule has 4 rings (SSSR count). The Bertz CT molecular complexity index is 1240. The molecule has 0 aliphatic rings. The summed E-state index contributed by atoms with van der Waals surface area (Å²) in [6, 6.07) is 15.8. The molecule has 0 amide bonds. The summed E-state index contributed by atoms with van der Waals surface area (Å²) in [5.74, 6) is 0.406. The molecule has 2 aromatic carbocycles. The second-order valence-corrected chi connectivity index (χ2v) is 7.16. The molecular formula is C24H20F3N3O3. The van der Waals surface area contributed by atoms with Gasteiger partial charge in [-0.3, -0.25) is 4.98 Å². The smallest absolute Gasteiger partial charge is 0.416 e. The van der Waals surface area contributed by atoms with Crippen LogP contribution in [0.5, 0.6) is 17.8 Å². The second kappa shape index (κ2) is 9.32. The summed E-state index contributed by atoms with van der Waals surface area (Å²) >= 11 is 0. The molecule has 0 saturated carbocycles. The summed E-state index contributed by atoms with van der Waals surface area (Å²) in [5.41, 5.74) is 1.20. The molecule has 33 heavy (non-hydrogen) atoms. The van der Waals surface area contributed by atoms with Crippen LogP contribution < -0.4 is 14.2 Å². The zero-order valence-electron chi connectivity index (χ0n) is 17.8. The highest BCUT2D eigenvalue weighted by Crippen LogP contribution is 2.34. The van der Waals surface area contributed by atoms with E-state index in [4.69, 9.17) is 14.2 Å². The van der Waals surface area contributed by atoms with Gasteiger partial charge in [-0.15, -0.1) is 0 Å². The van der Waals surface area contributed by atoms with E-state index < -0.39 is 17.8 Å². The maximum absolute atomic E-state index is 13.4. The van der Waals surface area contributed by atoms with Crippen molar-refractivity contribution in [2.45, 2.75) is 18.7 Å². The molecule has 0 fully saturated rings. The van der Waals surface area contributed by atoms with E-state index in [9.17, 15) is 13.2 Å². The normalized spacial score (nSPS) is 12.4. The van der Waals surface area contributed by atoms with Gasteiger partial charge in [0, 0.05) is 18.0 Å². The first-order chi connectivity index (χ1) is 15.9. The van der Waals surface area contributed by atoms with Gasteiger partial charge in [0.15, 0.2) is 0 Å². The van der Waals surface area contributed by atoms with Crippen molar-refractivity contribution in [1.29, 1.82) is 0 Å². The monoisotopic (exact) mass is 455 g/mol. The topological polar surface area (TPSA) is 66.4 Å². The Morgan fingerprint density at radius 2 is 1.61 bits per heavy atom. The van der Waals surface area contributed by atoms with E-state index >= 15 is 0 Å². The van der Waals surface area contributed by atoms with Crippen molar-refractivity contribution in [3.8, 4) is 17.8 Å². The maximum atomic E-state index is 13.4. The van der Waals surface area contributed by atoms with Crippen LogP contribution >= 0.6 is 0 Å². The molecule has 0 spiro atoms. The lowest BCUT2D eigenvalue weighted by Gasteiger charge is -2.21. The van der Waals surface area contributed by atoms with Crippen LogP contribution in [0.4, 0.5) is 13.2 Å². The fourth-order valence-electron chi connectivity index (χ4n) is 3.45. The molecule has 0 bridgehead atoms. The summed E-state index contributed by atoms with van der Waals surface area (Å²) in [4.78, 5) is 12.7. The second-order valence-electron chi connectivity index (χ2n) is 7.16. The molecular weight excluding hydrogens is 435 g/mol. The minimum Gasteiger partial charge on any atom is -0.481 e. The highest BCUT2D eigenvalue weighted by molar-refractivity contribution is 5.81. The summed E-state index contributed by atoms with van der Waals surface area (Å²) in [6.07, 6.45) is -3.39. The number of para-hydroxylation sites is 1. The van der Waals surface area contributed by atoms with Crippen LogP contribution in [-0.4, -0.2) is 29.2 Å². The van der Waals surface area contributed by atoms with Gasteiger partial charge in [0.1, 0.15) is 6.10 Å². The van der Waals surface area contributed by atoms with Crippen molar-refractivity contribution in [3.05, 3.63) is 83.6 Å². The Morgan fingerprint density at radius 3 is 2.30 bits per heavy atom. The number of pyridine rings is 1. The molecule has 2 aromatic heterocycles. The standard InChI is InChI=1S/C24H20F3N3O3/c1-31-21-14-22(32-2)30-23(29-21)33-20(16-6-5-7-17(12-16)24(25,26)27)13-15-10-11-28-19-9-4-3-8-18(15)19/h3-12,14,20H,13H2,1-2H3. The average molecular weight is 455 g/mol. The van der Waals surface area contributed by atoms with Crippen LogP contribution in [0.15, 0.2) is 66.9 Å². The zero-order valence-corrected chi connectivity index (χ0v) is 17.8. The third-order valence-electron chi connectivity index (χ3n) is 5.05. The van der Waals surface area contributed by atoms with E-state index in [1.807, 2.05) is 30.3 Å². The van der Waals surface area contributed by atoms with Crippen LogP contribution in [0.25, 0.3) is 10.9 Å². The lowest BCUT2D eigenvalue weighted by molar-refractivity contribution is -0.137. The van der Waals surface area contributed by atoms with E-state index in [0.29, 0.717) is 5.56 Å². The first kappa shape index (κ1) is 22.3. The van der Waals surface area contributed by atoms with Crippen LogP contribution in [0.2, 0.25) is 0 Å². The largest absolute Gasteiger partial charge is 0.481 e. The van der Waals surface area contributed by atoms with Crippen molar-refractivity contribution in [2.75, 3.05) is 14.2 Å². The van der Waals surface area contributed by atoms with Gasteiger partial charge in [-0.1, -0.05) is 30.3 Å². The molecule has 6 nitrogen and oxygen atoms in total. The van der Waals surface area contributed by atoms with Crippen LogP contribution in [0.1, 0.15) is 22.8 Å². The zero-order chi connectivity index (χ0) is 23.4. The molecule has 0 aliphatic carbocycles. The Balaban J connectivity index is 1.77. The molecule has 170 valence electrons. The van der Waals surface area contributed by atoms with Crippen molar-refractivity contribution in [1.82, 2.24) is 15.0 Å². The van der Waals surface area contributed by atoms with Gasteiger partial charge in [0.25, 0.3) is 0 Å². The Morgan fingerprint density at radius 1 is 0.879 bits per heavy atom. The Kier molecular flexibility index (Phi) is 6.30. The number of fused-ring (bicyclic) bond motifs is 1. The highest BCUT2D eigenvalue weighted by Gasteiger charge is 2.31. The number of methoxy groups -OCH3 is 2. The molecule has 4 aromatic rings. The number of hydrogen-bond acceptors (Lipinski definition) is 6. The minimum atomic E-state index is -4.49. The lowest BCUT2D eigenvalue weighted by atomic mass is 9.97. The molecule has 9 heteroatoms. The number of rotatable bonds is 7. The first-order valence-corrected chi connectivity index (χ1v) is 10.0. The number of hydrogen-bond donors (Lipinski definition) is 0. The lowest BCUT2D eigenvalue weighted by Crippen LogP contribution is -2.15. The third kappa shape index (κ3) is 5.14. The summed E-state index contributed by atoms with van der Waals surface area (Å²) in [7, 11) is 2.86. The number of aromatic nitrogens is 3. The van der Waals surface area contributed by atoms with E-state index in [1.54, 1.807) is 12.3 Å².